The Kier molecular flexibility index (Phi) is 6.10. The van der Waals surface area contributed by atoms with Crippen LogP contribution in [0.15, 0.2) is 184 Å². The summed E-state index contributed by atoms with van der Waals surface area (Å²) in [5.41, 5.74) is 13.8. The Bertz CT molecular complexity index is 2810. The van der Waals surface area contributed by atoms with Gasteiger partial charge in [0.15, 0.2) is 5.82 Å². The van der Waals surface area contributed by atoms with Crippen molar-refractivity contribution in [3.63, 3.8) is 0 Å². The van der Waals surface area contributed by atoms with E-state index in [4.69, 9.17) is 14.4 Å². The summed E-state index contributed by atoms with van der Waals surface area (Å²) in [6.07, 6.45) is 0. The van der Waals surface area contributed by atoms with Gasteiger partial charge in [-0.2, -0.15) is 0 Å². The van der Waals surface area contributed by atoms with E-state index in [1.807, 2.05) is 30.0 Å². The fraction of sp³-hybridized carbons (Fsp3) is 0.0213. The summed E-state index contributed by atoms with van der Waals surface area (Å²) in [6.45, 7) is 0. The summed E-state index contributed by atoms with van der Waals surface area (Å²) < 4.78 is 6.30. The van der Waals surface area contributed by atoms with Gasteiger partial charge >= 0.3 is 0 Å². The minimum absolute atomic E-state index is 0.466. The first-order chi connectivity index (χ1) is 25.3. The molecule has 3 heterocycles. The van der Waals surface area contributed by atoms with E-state index in [1.54, 1.807) is 0 Å². The second-order valence-corrected chi connectivity index (χ2v) is 14.4. The van der Waals surface area contributed by atoms with E-state index in [0.717, 1.165) is 50.0 Å². The lowest BCUT2D eigenvalue weighted by Gasteiger charge is -2.39. The van der Waals surface area contributed by atoms with Crippen LogP contribution in [0.1, 0.15) is 22.3 Å². The van der Waals surface area contributed by atoms with E-state index in [9.17, 15) is 0 Å². The number of rotatable bonds is 3. The average Bonchev–Trinajstić information content (AvgIpc) is 3.72. The van der Waals surface area contributed by atoms with Crippen molar-refractivity contribution in [1.29, 1.82) is 0 Å². The first kappa shape index (κ1) is 28.6. The maximum Gasteiger partial charge on any atom is 0.160 e. The number of hydrogen-bond acceptors (Lipinski definition) is 4. The maximum atomic E-state index is 6.30. The molecule has 0 saturated heterocycles. The van der Waals surface area contributed by atoms with Crippen molar-refractivity contribution in [1.82, 2.24) is 9.97 Å². The second-order valence-electron chi connectivity index (χ2n) is 13.3. The van der Waals surface area contributed by atoms with Crippen LogP contribution in [0.25, 0.3) is 67.0 Å². The van der Waals surface area contributed by atoms with E-state index in [0.29, 0.717) is 5.82 Å². The zero-order chi connectivity index (χ0) is 33.5. The molecular formula is C47H28N2OS. The standard InChI is InChI=1S/C47H28N2OS/c1-2-12-29(13-3-1)40-28-41(30-22-24-35-34-16-6-10-20-42(34)50-43(35)27-30)49-46(48-40)31-23-25-45-39(26-31)47(38-19-9-11-21-44(38)51-45)36-17-7-4-14-32(36)33-15-5-8-18-37(33)47/h1-28H. The van der Waals surface area contributed by atoms with Crippen LogP contribution in [0, 0.1) is 0 Å². The van der Waals surface area contributed by atoms with Crippen LogP contribution in [0.5, 0.6) is 0 Å². The van der Waals surface area contributed by atoms with Gasteiger partial charge in [-0.05, 0) is 75.8 Å². The first-order valence-corrected chi connectivity index (χ1v) is 18.1. The summed E-state index contributed by atoms with van der Waals surface area (Å²) in [4.78, 5) is 13.1. The van der Waals surface area contributed by atoms with Gasteiger partial charge in [0, 0.05) is 37.3 Å². The highest BCUT2D eigenvalue weighted by Gasteiger charge is 2.50. The van der Waals surface area contributed by atoms with Crippen molar-refractivity contribution in [3.05, 3.63) is 192 Å². The first-order valence-electron chi connectivity index (χ1n) is 17.2. The molecule has 2 aromatic heterocycles. The lowest BCUT2D eigenvalue weighted by molar-refractivity contribution is 0.669. The molecule has 0 bridgehead atoms. The molecule has 0 saturated carbocycles. The van der Waals surface area contributed by atoms with Crippen LogP contribution in [0.3, 0.4) is 0 Å². The quantitative estimate of drug-likeness (QED) is 0.188. The number of furan rings is 1. The predicted octanol–water partition coefficient (Wildman–Crippen LogP) is 12.2. The Morgan fingerprint density at radius 1 is 0.412 bits per heavy atom. The molecule has 238 valence electrons. The normalized spacial score (nSPS) is 13.6. The van der Waals surface area contributed by atoms with Crippen molar-refractivity contribution in [2.24, 2.45) is 0 Å². The van der Waals surface area contributed by atoms with Gasteiger partial charge in [-0.15, -0.1) is 0 Å². The third kappa shape index (κ3) is 4.14. The Morgan fingerprint density at radius 2 is 1.02 bits per heavy atom. The van der Waals surface area contributed by atoms with E-state index in [1.165, 1.54) is 43.2 Å². The highest BCUT2D eigenvalue weighted by atomic mass is 32.2. The number of aromatic nitrogens is 2. The highest BCUT2D eigenvalue weighted by Crippen LogP contribution is 2.62. The fourth-order valence-electron chi connectivity index (χ4n) is 8.36. The van der Waals surface area contributed by atoms with Gasteiger partial charge < -0.3 is 4.42 Å². The molecule has 1 spiro atoms. The van der Waals surface area contributed by atoms with Crippen molar-refractivity contribution in [2.45, 2.75) is 15.2 Å². The molecule has 0 unspecified atom stereocenters. The number of benzene rings is 7. The minimum atomic E-state index is -0.466. The van der Waals surface area contributed by atoms with Crippen LogP contribution < -0.4 is 0 Å². The highest BCUT2D eigenvalue weighted by molar-refractivity contribution is 7.99. The van der Waals surface area contributed by atoms with Crippen LogP contribution >= 0.6 is 11.8 Å². The van der Waals surface area contributed by atoms with E-state index in [-0.39, 0.29) is 0 Å². The van der Waals surface area contributed by atoms with Crippen LogP contribution in [-0.4, -0.2) is 9.97 Å². The molecule has 9 aromatic rings. The van der Waals surface area contributed by atoms with Gasteiger partial charge in [-0.3, -0.25) is 0 Å². The molecule has 1 aliphatic heterocycles. The lowest BCUT2D eigenvalue weighted by Crippen LogP contribution is -2.32. The molecule has 4 heteroatoms. The molecule has 0 fully saturated rings. The molecule has 11 rings (SSSR count). The van der Waals surface area contributed by atoms with Gasteiger partial charge in [0.2, 0.25) is 0 Å². The fourth-order valence-corrected chi connectivity index (χ4v) is 9.53. The number of hydrogen-bond donors (Lipinski definition) is 0. The number of para-hydroxylation sites is 1. The second kappa shape index (κ2) is 10.9. The van der Waals surface area contributed by atoms with Gasteiger partial charge in [-0.25, -0.2) is 9.97 Å². The van der Waals surface area contributed by atoms with Crippen molar-refractivity contribution in [3.8, 4) is 45.0 Å². The van der Waals surface area contributed by atoms with Crippen molar-refractivity contribution >= 4 is 33.7 Å². The largest absolute Gasteiger partial charge is 0.456 e. The molecule has 0 N–H and O–H groups in total. The third-order valence-corrected chi connectivity index (χ3v) is 11.7. The predicted molar refractivity (Wildman–Crippen MR) is 207 cm³/mol. The number of nitrogens with zero attached hydrogens (tertiary/aromatic N) is 2. The lowest BCUT2D eigenvalue weighted by atomic mass is 9.67. The van der Waals surface area contributed by atoms with Gasteiger partial charge in [0.1, 0.15) is 11.2 Å². The van der Waals surface area contributed by atoms with Crippen LogP contribution in [0.4, 0.5) is 0 Å². The maximum absolute atomic E-state index is 6.30. The molecule has 0 atom stereocenters. The van der Waals surface area contributed by atoms with Crippen molar-refractivity contribution in [2.75, 3.05) is 0 Å². The van der Waals surface area contributed by atoms with E-state index in [2.05, 4.69) is 152 Å². The summed E-state index contributed by atoms with van der Waals surface area (Å²) in [7, 11) is 0. The average molecular weight is 669 g/mol. The molecule has 0 radical (unpaired) electrons. The van der Waals surface area contributed by atoms with Gasteiger partial charge in [-0.1, -0.05) is 139 Å². The molecule has 2 aliphatic rings. The summed E-state index contributed by atoms with van der Waals surface area (Å²) in [5, 5.41) is 2.21. The minimum Gasteiger partial charge on any atom is -0.456 e. The molecule has 3 nitrogen and oxygen atoms in total. The molecule has 1 aliphatic carbocycles. The topological polar surface area (TPSA) is 38.9 Å². The molecule has 51 heavy (non-hydrogen) atoms. The summed E-state index contributed by atoms with van der Waals surface area (Å²) in [5.74, 6) is 0.692. The van der Waals surface area contributed by atoms with Gasteiger partial charge in [0.05, 0.1) is 16.8 Å². The Morgan fingerprint density at radius 3 is 1.82 bits per heavy atom. The van der Waals surface area contributed by atoms with E-state index >= 15 is 0 Å². The van der Waals surface area contributed by atoms with Crippen molar-refractivity contribution < 1.29 is 4.42 Å². The summed E-state index contributed by atoms with van der Waals surface area (Å²) in [6, 6.07) is 60.6. The molecular weight excluding hydrogens is 641 g/mol. The van der Waals surface area contributed by atoms with Crippen LogP contribution in [0.2, 0.25) is 0 Å². The Labute approximate surface area is 299 Å². The molecule has 0 amide bonds. The Balaban J connectivity index is 1.15. The monoisotopic (exact) mass is 668 g/mol. The molecule has 7 aromatic carbocycles. The van der Waals surface area contributed by atoms with Crippen LogP contribution in [-0.2, 0) is 5.41 Å². The zero-order valence-corrected chi connectivity index (χ0v) is 28.2. The summed E-state index contributed by atoms with van der Waals surface area (Å²) >= 11 is 1.85. The number of fused-ring (bicyclic) bond motifs is 12. The van der Waals surface area contributed by atoms with Gasteiger partial charge in [0.25, 0.3) is 0 Å². The third-order valence-electron chi connectivity index (χ3n) is 10.6. The zero-order valence-electron chi connectivity index (χ0n) is 27.4. The smallest absolute Gasteiger partial charge is 0.160 e. The SMILES string of the molecule is c1ccc(-c2cc(-c3ccc4c(c3)oc3ccccc34)nc(-c3ccc4c(c3)C3(c5ccccc5S4)c4ccccc4-c4ccccc43)n2)cc1. The Hall–Kier alpha value is -6.23. The van der Waals surface area contributed by atoms with E-state index < -0.39 is 5.41 Å².